The minimum atomic E-state index is -3.70. The Labute approximate surface area is 169 Å². The fourth-order valence-electron chi connectivity index (χ4n) is 3.60. The molecular weight excluding hydrogens is 378 g/mol. The van der Waals surface area contributed by atoms with Crippen LogP contribution in [0.1, 0.15) is 40.5 Å². The van der Waals surface area contributed by atoms with E-state index in [-0.39, 0.29) is 10.8 Å². The number of anilines is 1. The van der Waals surface area contributed by atoms with Gasteiger partial charge in [0, 0.05) is 25.3 Å². The van der Waals surface area contributed by atoms with Crippen LogP contribution < -0.4 is 10.1 Å². The van der Waals surface area contributed by atoms with E-state index in [4.69, 9.17) is 4.74 Å². The zero-order chi connectivity index (χ0) is 20.7. The molecule has 1 amide bonds. The molecule has 0 saturated carbocycles. The average molecular weight is 412 g/mol. The molecule has 158 valence electrons. The van der Waals surface area contributed by atoms with Gasteiger partial charge in [0.25, 0.3) is 0 Å². The minimum absolute atomic E-state index is 0.0856. The molecule has 0 bridgehead atoms. The van der Waals surface area contributed by atoms with E-state index in [1.54, 1.807) is 26.0 Å². The number of piperidine rings is 1. The van der Waals surface area contributed by atoms with Crippen molar-refractivity contribution in [1.82, 2.24) is 9.21 Å². The van der Waals surface area contributed by atoms with E-state index in [1.807, 2.05) is 6.92 Å². The summed E-state index contributed by atoms with van der Waals surface area (Å²) >= 11 is 0. The van der Waals surface area contributed by atoms with Crippen molar-refractivity contribution in [3.8, 4) is 5.75 Å². The van der Waals surface area contributed by atoms with Crippen LogP contribution in [-0.4, -0.2) is 62.9 Å². The van der Waals surface area contributed by atoms with Gasteiger partial charge in [0.15, 0.2) is 0 Å². The van der Waals surface area contributed by atoms with E-state index < -0.39 is 10.0 Å². The van der Waals surface area contributed by atoms with Gasteiger partial charge < -0.3 is 10.1 Å². The maximum Gasteiger partial charge on any atom is 0.246 e. The summed E-state index contributed by atoms with van der Waals surface area (Å²) in [6.07, 6.45) is 2.30. The molecule has 1 aromatic carbocycles. The number of carbonyl (C=O) groups excluding carboxylic acids is 1. The van der Waals surface area contributed by atoms with Crippen molar-refractivity contribution in [3.63, 3.8) is 0 Å². The van der Waals surface area contributed by atoms with Gasteiger partial charge in [0.1, 0.15) is 10.6 Å². The Morgan fingerprint density at radius 1 is 1.29 bits per heavy atom. The lowest BCUT2D eigenvalue weighted by molar-refractivity contribution is -0.117. The van der Waals surface area contributed by atoms with E-state index in [2.05, 4.69) is 17.1 Å². The van der Waals surface area contributed by atoms with Crippen molar-refractivity contribution >= 4 is 21.6 Å². The molecule has 0 aromatic heterocycles. The first-order chi connectivity index (χ1) is 13.3. The summed E-state index contributed by atoms with van der Waals surface area (Å²) in [7, 11) is -3.70. The number of rotatable bonds is 9. The van der Waals surface area contributed by atoms with Gasteiger partial charge in [0.05, 0.1) is 13.2 Å². The van der Waals surface area contributed by atoms with Gasteiger partial charge in [-0.3, -0.25) is 9.69 Å². The van der Waals surface area contributed by atoms with Crippen LogP contribution in [0.15, 0.2) is 23.1 Å². The van der Waals surface area contributed by atoms with Crippen LogP contribution in [-0.2, 0) is 14.8 Å². The zero-order valence-electron chi connectivity index (χ0n) is 17.4. The first-order valence-corrected chi connectivity index (χ1v) is 11.5. The van der Waals surface area contributed by atoms with Crippen molar-refractivity contribution in [3.05, 3.63) is 18.2 Å². The van der Waals surface area contributed by atoms with Crippen molar-refractivity contribution in [2.75, 3.05) is 44.6 Å². The van der Waals surface area contributed by atoms with E-state index >= 15 is 0 Å². The number of hydrogen-bond donors (Lipinski definition) is 1. The van der Waals surface area contributed by atoms with Crippen LogP contribution in [0, 0.1) is 5.92 Å². The maximum atomic E-state index is 13.0. The SMILES string of the molecule is CCOc1ccc(NC(=O)CN2CCCC(C)C2)cc1S(=O)(=O)N(CC)CC. The highest BCUT2D eigenvalue weighted by atomic mass is 32.2. The molecule has 1 unspecified atom stereocenters. The van der Waals surface area contributed by atoms with E-state index in [0.29, 0.717) is 43.6 Å². The van der Waals surface area contributed by atoms with Crippen molar-refractivity contribution in [1.29, 1.82) is 0 Å². The second-order valence-electron chi connectivity index (χ2n) is 7.21. The zero-order valence-corrected chi connectivity index (χ0v) is 18.2. The Bertz CT molecular complexity index is 763. The number of sulfonamides is 1. The maximum absolute atomic E-state index is 13.0. The highest BCUT2D eigenvalue weighted by Gasteiger charge is 2.26. The summed E-state index contributed by atoms with van der Waals surface area (Å²) < 4.78 is 32.9. The Balaban J connectivity index is 2.20. The number of carbonyl (C=O) groups is 1. The molecule has 1 fully saturated rings. The molecule has 1 aliphatic rings. The average Bonchev–Trinajstić information content (AvgIpc) is 2.63. The summed E-state index contributed by atoms with van der Waals surface area (Å²) in [6, 6.07) is 4.79. The predicted molar refractivity (Wildman–Crippen MR) is 111 cm³/mol. The fourth-order valence-corrected chi connectivity index (χ4v) is 5.21. The topological polar surface area (TPSA) is 79.0 Å². The number of amides is 1. The Morgan fingerprint density at radius 2 is 2.00 bits per heavy atom. The smallest absolute Gasteiger partial charge is 0.246 e. The Kier molecular flexibility index (Phi) is 8.27. The Hall–Kier alpha value is -1.64. The molecule has 2 rings (SSSR count). The summed E-state index contributed by atoms with van der Waals surface area (Å²) in [4.78, 5) is 14.7. The third kappa shape index (κ3) is 5.68. The number of nitrogens with zero attached hydrogens (tertiary/aromatic N) is 2. The number of ether oxygens (including phenoxy) is 1. The molecule has 0 radical (unpaired) electrons. The fraction of sp³-hybridized carbons (Fsp3) is 0.650. The van der Waals surface area contributed by atoms with Crippen LogP contribution in [0.5, 0.6) is 5.75 Å². The summed E-state index contributed by atoms with van der Waals surface area (Å²) in [5, 5.41) is 2.84. The third-order valence-electron chi connectivity index (χ3n) is 4.96. The Morgan fingerprint density at radius 3 is 2.61 bits per heavy atom. The number of nitrogens with one attached hydrogen (secondary N) is 1. The molecule has 1 heterocycles. The van der Waals surface area contributed by atoms with Gasteiger partial charge in [0.2, 0.25) is 15.9 Å². The van der Waals surface area contributed by atoms with Gasteiger partial charge in [-0.25, -0.2) is 8.42 Å². The predicted octanol–water partition coefficient (Wildman–Crippen LogP) is 2.79. The van der Waals surface area contributed by atoms with Crippen LogP contribution in [0.25, 0.3) is 0 Å². The molecule has 1 atom stereocenters. The monoisotopic (exact) mass is 411 g/mol. The highest BCUT2D eigenvalue weighted by molar-refractivity contribution is 7.89. The second-order valence-corrected chi connectivity index (χ2v) is 9.12. The standard InChI is InChI=1S/C20H33N3O4S/c1-5-23(6-2)28(25,26)19-13-17(10-11-18(19)27-7-3)21-20(24)15-22-12-8-9-16(4)14-22/h10-11,13,16H,5-9,12,14-15H2,1-4H3,(H,21,24). The van der Waals surface area contributed by atoms with E-state index in [1.165, 1.54) is 16.8 Å². The third-order valence-corrected chi connectivity index (χ3v) is 7.03. The van der Waals surface area contributed by atoms with Crippen molar-refractivity contribution < 1.29 is 17.9 Å². The van der Waals surface area contributed by atoms with Crippen LogP contribution in [0.3, 0.4) is 0 Å². The largest absolute Gasteiger partial charge is 0.492 e. The lowest BCUT2D eigenvalue weighted by atomic mass is 10.0. The summed E-state index contributed by atoms with van der Waals surface area (Å²) in [5.41, 5.74) is 0.462. The number of benzene rings is 1. The van der Waals surface area contributed by atoms with Crippen LogP contribution in [0.2, 0.25) is 0 Å². The van der Waals surface area contributed by atoms with Crippen molar-refractivity contribution in [2.24, 2.45) is 5.92 Å². The number of likely N-dealkylation sites (tertiary alicyclic amines) is 1. The normalized spacial score (nSPS) is 18.2. The minimum Gasteiger partial charge on any atom is -0.492 e. The molecule has 1 N–H and O–H groups in total. The van der Waals surface area contributed by atoms with Gasteiger partial charge in [-0.15, -0.1) is 0 Å². The van der Waals surface area contributed by atoms with Crippen LogP contribution in [0.4, 0.5) is 5.69 Å². The van der Waals surface area contributed by atoms with Gasteiger partial charge in [-0.2, -0.15) is 4.31 Å². The van der Waals surface area contributed by atoms with Gasteiger partial charge in [-0.05, 0) is 50.4 Å². The van der Waals surface area contributed by atoms with E-state index in [0.717, 1.165) is 19.5 Å². The lowest BCUT2D eigenvalue weighted by Gasteiger charge is -2.30. The van der Waals surface area contributed by atoms with Gasteiger partial charge >= 0.3 is 0 Å². The molecular formula is C20H33N3O4S. The highest BCUT2D eigenvalue weighted by Crippen LogP contribution is 2.30. The summed E-state index contributed by atoms with van der Waals surface area (Å²) in [6.45, 7) is 10.8. The first-order valence-electron chi connectivity index (χ1n) is 10.1. The molecule has 7 nitrogen and oxygen atoms in total. The molecule has 0 aliphatic carbocycles. The number of hydrogen-bond acceptors (Lipinski definition) is 5. The molecule has 0 spiro atoms. The summed E-state index contributed by atoms with van der Waals surface area (Å²) in [5.74, 6) is 0.763. The van der Waals surface area contributed by atoms with Crippen LogP contribution >= 0.6 is 0 Å². The first kappa shape index (κ1) is 22.6. The molecule has 1 aromatic rings. The molecule has 8 heteroatoms. The second kappa shape index (κ2) is 10.2. The lowest BCUT2D eigenvalue weighted by Crippen LogP contribution is -2.39. The van der Waals surface area contributed by atoms with Crippen molar-refractivity contribution in [2.45, 2.75) is 45.4 Å². The molecule has 1 aliphatic heterocycles. The van der Waals surface area contributed by atoms with E-state index in [9.17, 15) is 13.2 Å². The van der Waals surface area contributed by atoms with Gasteiger partial charge in [-0.1, -0.05) is 20.8 Å². The molecule has 28 heavy (non-hydrogen) atoms. The quantitative estimate of drug-likeness (QED) is 0.676. The molecule has 1 saturated heterocycles.